The smallest absolute Gasteiger partial charge is 0.242 e. The maximum Gasteiger partial charge on any atom is 0.242 e. The zero-order valence-electron chi connectivity index (χ0n) is 14.2. The third-order valence-electron chi connectivity index (χ3n) is 5.52. The molecular weight excluding hydrogens is 366 g/mol. The number of nitrogens with zero attached hydrogens (tertiary/aromatic N) is 2. The van der Waals surface area contributed by atoms with Crippen molar-refractivity contribution in [2.24, 2.45) is 11.8 Å². The fourth-order valence-corrected chi connectivity index (χ4v) is 5.56. The third kappa shape index (κ3) is 2.96. The standard InChI is InChI=1S/C19H19N3O2S2/c20-7-14-9-26-10-22(14)19(24)17-16(15(25)8-21-17)18(23)13-5-11-3-1-2-4-12(11)6-13/h1-4,13-14,16-17,21H,5-6,8-10H2/t14-,16?,17+/m1/s1. The molecule has 2 saturated heterocycles. The summed E-state index contributed by atoms with van der Waals surface area (Å²) in [4.78, 5) is 28.4. The van der Waals surface area contributed by atoms with Gasteiger partial charge in [-0.3, -0.25) is 9.59 Å². The molecule has 4 rings (SSSR count). The third-order valence-corrected chi connectivity index (χ3v) is 6.93. The monoisotopic (exact) mass is 385 g/mol. The van der Waals surface area contributed by atoms with Gasteiger partial charge in [0.05, 0.1) is 17.9 Å². The number of amides is 1. The highest BCUT2D eigenvalue weighted by atomic mass is 32.2. The molecule has 1 N–H and O–H groups in total. The van der Waals surface area contributed by atoms with Crippen LogP contribution in [0.1, 0.15) is 11.1 Å². The van der Waals surface area contributed by atoms with E-state index in [9.17, 15) is 14.9 Å². The van der Waals surface area contributed by atoms with E-state index in [-0.39, 0.29) is 17.6 Å². The highest BCUT2D eigenvalue weighted by Crippen LogP contribution is 2.32. The molecule has 26 heavy (non-hydrogen) atoms. The Morgan fingerprint density at radius 2 is 1.96 bits per heavy atom. The first-order valence-corrected chi connectivity index (χ1v) is 10.3. The molecule has 2 fully saturated rings. The van der Waals surface area contributed by atoms with Gasteiger partial charge in [-0.25, -0.2) is 0 Å². The number of fused-ring (bicyclic) bond motifs is 1. The number of ketones is 1. The molecule has 1 aromatic carbocycles. The van der Waals surface area contributed by atoms with Gasteiger partial charge < -0.3 is 10.2 Å². The second-order valence-corrected chi connectivity index (χ2v) is 8.56. The lowest BCUT2D eigenvalue weighted by molar-refractivity contribution is -0.137. The van der Waals surface area contributed by atoms with E-state index in [1.165, 1.54) is 11.1 Å². The van der Waals surface area contributed by atoms with E-state index < -0.39 is 18.0 Å². The number of nitriles is 1. The van der Waals surface area contributed by atoms with E-state index in [1.54, 1.807) is 16.7 Å². The first kappa shape index (κ1) is 17.7. The molecule has 5 nitrogen and oxygen atoms in total. The zero-order chi connectivity index (χ0) is 18.3. The van der Waals surface area contributed by atoms with Crippen molar-refractivity contribution in [2.45, 2.75) is 24.9 Å². The van der Waals surface area contributed by atoms with Gasteiger partial charge >= 0.3 is 0 Å². The van der Waals surface area contributed by atoms with Crippen LogP contribution >= 0.6 is 24.0 Å². The summed E-state index contributed by atoms with van der Waals surface area (Å²) in [6, 6.07) is 9.24. The molecular formula is C19H19N3O2S2. The van der Waals surface area contributed by atoms with Gasteiger partial charge in [0, 0.05) is 23.1 Å². The lowest BCUT2D eigenvalue weighted by Crippen LogP contribution is -2.50. The van der Waals surface area contributed by atoms with Gasteiger partial charge in [-0.2, -0.15) is 5.26 Å². The number of hydrogen-bond donors (Lipinski definition) is 1. The molecule has 3 atom stereocenters. The molecule has 3 aliphatic rings. The quantitative estimate of drug-likeness (QED) is 0.792. The van der Waals surface area contributed by atoms with Crippen LogP contribution in [0.4, 0.5) is 0 Å². The van der Waals surface area contributed by atoms with Crippen molar-refractivity contribution in [2.75, 3.05) is 18.2 Å². The molecule has 0 spiro atoms. The molecule has 1 unspecified atom stereocenters. The number of thiocarbonyl (C=S) groups is 1. The number of rotatable bonds is 3. The van der Waals surface area contributed by atoms with Gasteiger partial charge in [0.25, 0.3) is 0 Å². The van der Waals surface area contributed by atoms with E-state index in [2.05, 4.69) is 23.5 Å². The fraction of sp³-hybridized carbons (Fsp3) is 0.474. The first-order chi connectivity index (χ1) is 12.6. The number of thioether (sulfide) groups is 1. The second kappa shape index (κ2) is 7.10. The maximum atomic E-state index is 13.2. The molecule has 2 aliphatic heterocycles. The van der Waals surface area contributed by atoms with Crippen LogP contribution in [0.3, 0.4) is 0 Å². The predicted molar refractivity (Wildman–Crippen MR) is 104 cm³/mol. The van der Waals surface area contributed by atoms with Crippen molar-refractivity contribution < 1.29 is 9.59 Å². The predicted octanol–water partition coefficient (Wildman–Crippen LogP) is 1.35. The van der Waals surface area contributed by atoms with Crippen molar-refractivity contribution >= 4 is 40.5 Å². The van der Waals surface area contributed by atoms with E-state index in [0.29, 0.717) is 23.0 Å². The van der Waals surface area contributed by atoms with Gasteiger partial charge in [-0.15, -0.1) is 11.8 Å². The van der Waals surface area contributed by atoms with Gasteiger partial charge in [0.2, 0.25) is 5.91 Å². The summed E-state index contributed by atoms with van der Waals surface area (Å²) in [7, 11) is 0. The number of nitrogens with one attached hydrogen (secondary N) is 1. The Morgan fingerprint density at radius 3 is 2.62 bits per heavy atom. The lowest BCUT2D eigenvalue weighted by Gasteiger charge is -2.26. The minimum atomic E-state index is -0.631. The maximum absolute atomic E-state index is 13.2. The summed E-state index contributed by atoms with van der Waals surface area (Å²) >= 11 is 7.01. The van der Waals surface area contributed by atoms with Gasteiger partial charge in [0.1, 0.15) is 17.9 Å². The van der Waals surface area contributed by atoms with Crippen LogP contribution in [0, 0.1) is 23.2 Å². The molecule has 2 heterocycles. The van der Waals surface area contributed by atoms with Gasteiger partial charge in [0.15, 0.2) is 0 Å². The van der Waals surface area contributed by atoms with E-state index in [4.69, 9.17) is 12.2 Å². The minimum Gasteiger partial charge on any atom is -0.315 e. The zero-order valence-corrected chi connectivity index (χ0v) is 15.8. The Morgan fingerprint density at radius 1 is 1.27 bits per heavy atom. The summed E-state index contributed by atoms with van der Waals surface area (Å²) in [5, 5.41) is 12.4. The fourth-order valence-electron chi connectivity index (χ4n) is 4.14. The SMILES string of the molecule is N#C[C@@H]1CSCN1C(=O)[C@H]1NCC(=S)C1C(=O)C1Cc2ccccc2C1. The average Bonchev–Trinajstić information content (AvgIpc) is 3.37. The Balaban J connectivity index is 1.53. The van der Waals surface area contributed by atoms with Crippen molar-refractivity contribution in [3.63, 3.8) is 0 Å². The number of carbonyl (C=O) groups excluding carboxylic acids is 2. The summed E-state index contributed by atoms with van der Waals surface area (Å²) in [5.74, 6) is 0.325. The van der Waals surface area contributed by atoms with Gasteiger partial charge in [-0.05, 0) is 24.0 Å². The second-order valence-electron chi connectivity index (χ2n) is 7.03. The van der Waals surface area contributed by atoms with Crippen LogP contribution in [0.5, 0.6) is 0 Å². The highest BCUT2D eigenvalue weighted by molar-refractivity contribution is 7.99. The van der Waals surface area contributed by atoms with Crippen LogP contribution in [-0.2, 0) is 22.4 Å². The largest absolute Gasteiger partial charge is 0.315 e. The Bertz CT molecular complexity index is 794. The van der Waals surface area contributed by atoms with Crippen LogP contribution < -0.4 is 5.32 Å². The van der Waals surface area contributed by atoms with Crippen molar-refractivity contribution in [3.8, 4) is 6.07 Å². The van der Waals surface area contributed by atoms with E-state index in [1.807, 2.05) is 12.1 Å². The van der Waals surface area contributed by atoms with Crippen LogP contribution in [-0.4, -0.2) is 51.7 Å². The summed E-state index contributed by atoms with van der Waals surface area (Å²) in [6.45, 7) is 0.403. The van der Waals surface area contributed by atoms with Crippen LogP contribution in [0.15, 0.2) is 24.3 Å². The van der Waals surface area contributed by atoms with Gasteiger partial charge in [-0.1, -0.05) is 36.5 Å². The molecule has 0 saturated carbocycles. The molecule has 1 aliphatic carbocycles. The molecule has 1 amide bonds. The average molecular weight is 386 g/mol. The Labute approximate surface area is 162 Å². The van der Waals surface area contributed by atoms with Crippen molar-refractivity contribution in [1.29, 1.82) is 5.26 Å². The van der Waals surface area contributed by atoms with Crippen molar-refractivity contribution in [1.82, 2.24) is 10.2 Å². The molecule has 0 aromatic heterocycles. The van der Waals surface area contributed by atoms with Crippen molar-refractivity contribution in [3.05, 3.63) is 35.4 Å². The summed E-state index contributed by atoms with van der Waals surface area (Å²) in [5.41, 5.74) is 2.43. The van der Waals surface area contributed by atoms with E-state index >= 15 is 0 Å². The number of carbonyl (C=O) groups is 2. The highest BCUT2D eigenvalue weighted by Gasteiger charge is 2.47. The van der Waals surface area contributed by atoms with Crippen LogP contribution in [0.2, 0.25) is 0 Å². The first-order valence-electron chi connectivity index (χ1n) is 8.74. The number of benzene rings is 1. The van der Waals surface area contributed by atoms with Crippen LogP contribution in [0.25, 0.3) is 0 Å². The molecule has 0 radical (unpaired) electrons. The summed E-state index contributed by atoms with van der Waals surface area (Å²) in [6.07, 6.45) is 1.44. The molecule has 7 heteroatoms. The van der Waals surface area contributed by atoms with E-state index in [0.717, 1.165) is 12.8 Å². The molecule has 1 aromatic rings. The lowest BCUT2D eigenvalue weighted by atomic mass is 9.85. The topological polar surface area (TPSA) is 73.2 Å². The Kier molecular flexibility index (Phi) is 4.82. The minimum absolute atomic E-state index is 0.0647. The summed E-state index contributed by atoms with van der Waals surface area (Å²) < 4.78 is 0. The normalized spacial score (nSPS) is 28.2. The Hall–Kier alpha value is -1.75. The number of hydrogen-bond acceptors (Lipinski definition) is 6. The molecule has 0 bridgehead atoms. The number of Topliss-reactive ketones (excluding diaryl/α,β-unsaturated/α-hetero) is 1. The molecule has 134 valence electrons.